The molecule has 1 aliphatic rings. The van der Waals surface area contributed by atoms with E-state index in [0.717, 1.165) is 24.3 Å². The molecule has 6 nitrogen and oxygen atoms in total. The van der Waals surface area contributed by atoms with Gasteiger partial charge in [-0.05, 0) is 68.7 Å². The summed E-state index contributed by atoms with van der Waals surface area (Å²) in [6.07, 6.45) is 8.68. The maximum absolute atomic E-state index is 12.2. The molecule has 1 N–H and O–H groups in total. The molecule has 0 aromatic heterocycles. The molecule has 0 atom stereocenters. The second-order valence-electron chi connectivity index (χ2n) is 7.47. The summed E-state index contributed by atoms with van der Waals surface area (Å²) in [5.74, 6) is 1.67. The fraction of sp³-hybridized carbons (Fsp3) is 0.565. The van der Waals surface area contributed by atoms with Crippen LogP contribution in [0.25, 0.3) is 6.08 Å². The standard InChI is InChI=1S/C23H33NO5/c1-4-28-23(26)6-5-15-29-20-13-9-18(16-21(20)27-3)10-14-22(25)24-19-11-7-17(2)8-12-19/h9-10,13-14,16-17,19H,4-8,11-12,15H2,1-3H3,(H,24,25)/b14-10+. The molecular formula is C23H33NO5. The molecule has 1 amide bonds. The van der Waals surface area contributed by atoms with E-state index in [2.05, 4.69) is 12.2 Å². The highest BCUT2D eigenvalue weighted by Gasteiger charge is 2.18. The van der Waals surface area contributed by atoms with Gasteiger partial charge in [-0.25, -0.2) is 0 Å². The smallest absolute Gasteiger partial charge is 0.305 e. The van der Waals surface area contributed by atoms with Crippen LogP contribution in [0.1, 0.15) is 57.9 Å². The number of carbonyl (C=O) groups is 2. The highest BCUT2D eigenvalue weighted by Crippen LogP contribution is 2.29. The van der Waals surface area contributed by atoms with Crippen molar-refractivity contribution in [2.75, 3.05) is 20.3 Å². The minimum atomic E-state index is -0.218. The number of hydrogen-bond donors (Lipinski definition) is 1. The first-order chi connectivity index (χ1) is 14.0. The second kappa shape index (κ2) is 12.1. The third kappa shape index (κ3) is 8.18. The summed E-state index contributed by atoms with van der Waals surface area (Å²) >= 11 is 0. The first kappa shape index (κ1) is 22.8. The van der Waals surface area contributed by atoms with Gasteiger partial charge in [-0.15, -0.1) is 0 Å². The Kier molecular flexibility index (Phi) is 9.54. The summed E-state index contributed by atoms with van der Waals surface area (Å²) in [5, 5.41) is 3.08. The van der Waals surface area contributed by atoms with E-state index in [1.165, 1.54) is 12.8 Å². The van der Waals surface area contributed by atoms with Gasteiger partial charge in [0.05, 0.1) is 20.3 Å². The number of nitrogens with one attached hydrogen (secondary N) is 1. The van der Waals surface area contributed by atoms with E-state index in [0.29, 0.717) is 37.6 Å². The average Bonchev–Trinajstić information content (AvgIpc) is 2.72. The predicted molar refractivity (Wildman–Crippen MR) is 113 cm³/mol. The summed E-state index contributed by atoms with van der Waals surface area (Å²) < 4.78 is 16.0. The molecule has 6 heteroatoms. The predicted octanol–water partition coefficient (Wildman–Crippen LogP) is 4.13. The third-order valence-electron chi connectivity index (χ3n) is 5.07. The summed E-state index contributed by atoms with van der Waals surface area (Å²) in [6, 6.07) is 5.79. The monoisotopic (exact) mass is 403 g/mol. The van der Waals surface area contributed by atoms with Crippen LogP contribution in [0.5, 0.6) is 11.5 Å². The van der Waals surface area contributed by atoms with Gasteiger partial charge in [0, 0.05) is 18.5 Å². The van der Waals surface area contributed by atoms with Crippen LogP contribution in [0.3, 0.4) is 0 Å². The lowest BCUT2D eigenvalue weighted by molar-refractivity contribution is -0.143. The summed E-state index contributed by atoms with van der Waals surface area (Å²) in [4.78, 5) is 23.5. The molecule has 0 spiro atoms. The Balaban J connectivity index is 1.83. The molecule has 0 heterocycles. The van der Waals surface area contributed by atoms with Crippen molar-refractivity contribution in [2.24, 2.45) is 5.92 Å². The van der Waals surface area contributed by atoms with Crippen LogP contribution < -0.4 is 14.8 Å². The van der Waals surface area contributed by atoms with E-state index in [9.17, 15) is 9.59 Å². The Morgan fingerprint density at radius 2 is 1.93 bits per heavy atom. The fourth-order valence-electron chi connectivity index (χ4n) is 3.36. The summed E-state index contributed by atoms with van der Waals surface area (Å²) in [6.45, 7) is 4.83. The van der Waals surface area contributed by atoms with Gasteiger partial charge in [0.2, 0.25) is 5.91 Å². The first-order valence-corrected chi connectivity index (χ1v) is 10.5. The summed E-state index contributed by atoms with van der Waals surface area (Å²) in [5.41, 5.74) is 0.855. The van der Waals surface area contributed by atoms with Crippen LogP contribution in [0, 0.1) is 5.92 Å². The minimum Gasteiger partial charge on any atom is -0.493 e. The van der Waals surface area contributed by atoms with E-state index >= 15 is 0 Å². The van der Waals surface area contributed by atoms with Crippen molar-refractivity contribution in [2.45, 2.75) is 58.4 Å². The zero-order valence-corrected chi connectivity index (χ0v) is 17.7. The second-order valence-corrected chi connectivity index (χ2v) is 7.47. The number of rotatable bonds is 10. The average molecular weight is 404 g/mol. The number of amides is 1. The number of esters is 1. The minimum absolute atomic E-state index is 0.0668. The number of hydrogen-bond acceptors (Lipinski definition) is 5. The van der Waals surface area contributed by atoms with Gasteiger partial charge in [-0.2, -0.15) is 0 Å². The maximum atomic E-state index is 12.2. The molecule has 1 aliphatic carbocycles. The van der Waals surface area contributed by atoms with Crippen molar-refractivity contribution in [1.82, 2.24) is 5.32 Å². The van der Waals surface area contributed by atoms with Gasteiger partial charge >= 0.3 is 5.97 Å². The molecule has 0 radical (unpaired) electrons. The number of ether oxygens (including phenoxy) is 3. The van der Waals surface area contributed by atoms with Crippen LogP contribution in [-0.4, -0.2) is 38.2 Å². The lowest BCUT2D eigenvalue weighted by Crippen LogP contribution is -2.36. The quantitative estimate of drug-likeness (QED) is 0.361. The van der Waals surface area contributed by atoms with Gasteiger partial charge in [0.15, 0.2) is 11.5 Å². The number of carbonyl (C=O) groups excluding carboxylic acids is 2. The Bertz CT molecular complexity index is 693. The van der Waals surface area contributed by atoms with Crippen molar-refractivity contribution in [3.8, 4) is 11.5 Å². The highest BCUT2D eigenvalue weighted by molar-refractivity contribution is 5.92. The lowest BCUT2D eigenvalue weighted by Gasteiger charge is -2.26. The SMILES string of the molecule is CCOC(=O)CCCOc1ccc(/C=C/C(=O)NC2CCC(C)CC2)cc1OC. The van der Waals surface area contributed by atoms with E-state index < -0.39 is 0 Å². The molecule has 160 valence electrons. The zero-order valence-electron chi connectivity index (χ0n) is 17.7. The van der Waals surface area contributed by atoms with Crippen molar-refractivity contribution in [3.05, 3.63) is 29.8 Å². The van der Waals surface area contributed by atoms with Gasteiger partial charge in [0.1, 0.15) is 0 Å². The van der Waals surface area contributed by atoms with Gasteiger partial charge in [-0.1, -0.05) is 13.0 Å². The van der Waals surface area contributed by atoms with Crippen LogP contribution in [-0.2, 0) is 14.3 Å². The third-order valence-corrected chi connectivity index (χ3v) is 5.07. The van der Waals surface area contributed by atoms with Gasteiger partial charge in [0.25, 0.3) is 0 Å². The molecule has 1 aromatic carbocycles. The molecule has 1 aromatic rings. The van der Waals surface area contributed by atoms with Crippen LogP contribution >= 0.6 is 0 Å². The lowest BCUT2D eigenvalue weighted by atomic mass is 9.87. The van der Waals surface area contributed by atoms with E-state index in [1.54, 1.807) is 26.2 Å². The van der Waals surface area contributed by atoms with E-state index in [-0.39, 0.29) is 17.9 Å². The van der Waals surface area contributed by atoms with Crippen LogP contribution in [0.2, 0.25) is 0 Å². The van der Waals surface area contributed by atoms with Crippen molar-refractivity contribution in [3.63, 3.8) is 0 Å². The molecular weight excluding hydrogens is 370 g/mol. The van der Waals surface area contributed by atoms with Crippen molar-refractivity contribution >= 4 is 18.0 Å². The molecule has 2 rings (SSSR count). The first-order valence-electron chi connectivity index (χ1n) is 10.5. The summed E-state index contributed by atoms with van der Waals surface area (Å²) in [7, 11) is 1.57. The number of benzene rings is 1. The fourth-order valence-corrected chi connectivity index (χ4v) is 3.36. The Morgan fingerprint density at radius 3 is 2.62 bits per heavy atom. The Morgan fingerprint density at radius 1 is 1.17 bits per heavy atom. The highest BCUT2D eigenvalue weighted by atomic mass is 16.5. The molecule has 0 bridgehead atoms. The van der Waals surface area contributed by atoms with Gasteiger partial charge in [-0.3, -0.25) is 9.59 Å². The van der Waals surface area contributed by atoms with Crippen molar-refractivity contribution in [1.29, 1.82) is 0 Å². The van der Waals surface area contributed by atoms with E-state index in [4.69, 9.17) is 14.2 Å². The molecule has 29 heavy (non-hydrogen) atoms. The Labute approximate surface area is 173 Å². The molecule has 1 fully saturated rings. The molecule has 0 aliphatic heterocycles. The largest absolute Gasteiger partial charge is 0.493 e. The molecule has 1 saturated carbocycles. The molecule has 0 unspecified atom stereocenters. The normalized spacial score (nSPS) is 19.0. The van der Waals surface area contributed by atoms with Crippen molar-refractivity contribution < 1.29 is 23.8 Å². The number of methoxy groups -OCH3 is 1. The topological polar surface area (TPSA) is 73.9 Å². The van der Waals surface area contributed by atoms with Crippen LogP contribution in [0.15, 0.2) is 24.3 Å². The zero-order chi connectivity index (χ0) is 21.1. The molecule has 0 saturated heterocycles. The van der Waals surface area contributed by atoms with Crippen LogP contribution in [0.4, 0.5) is 0 Å². The maximum Gasteiger partial charge on any atom is 0.305 e. The van der Waals surface area contributed by atoms with Gasteiger partial charge < -0.3 is 19.5 Å². The Hall–Kier alpha value is -2.50. The van der Waals surface area contributed by atoms with E-state index in [1.807, 2.05) is 18.2 Å².